The van der Waals surface area contributed by atoms with Crippen molar-refractivity contribution in [1.29, 1.82) is 0 Å². The maximum Gasteiger partial charge on any atom is 0.635 e. The largest absolute Gasteiger partial charge is 0.635 e. The van der Waals surface area contributed by atoms with Crippen molar-refractivity contribution in [3.05, 3.63) is 65.7 Å². The highest BCUT2D eigenvalue weighted by molar-refractivity contribution is 6.32. The van der Waals surface area contributed by atoms with Gasteiger partial charge < -0.3 is 30.1 Å². The maximum atomic E-state index is 12.1. The molecule has 0 saturated heterocycles. The van der Waals surface area contributed by atoms with Crippen LogP contribution in [-0.2, 0) is 27.2 Å². The minimum atomic E-state index is -2.05. The Kier molecular flexibility index (Phi) is 8.48. The van der Waals surface area contributed by atoms with E-state index in [9.17, 15) is 9.59 Å². The highest BCUT2D eigenvalue weighted by Crippen LogP contribution is 2.12. The lowest BCUT2D eigenvalue weighted by Crippen LogP contribution is -2.43. The van der Waals surface area contributed by atoms with Crippen molar-refractivity contribution in [2.24, 2.45) is 0 Å². The molecule has 0 spiro atoms. The molecule has 0 saturated carbocycles. The van der Waals surface area contributed by atoms with Crippen molar-refractivity contribution in [2.75, 3.05) is 7.11 Å². The second-order valence-electron chi connectivity index (χ2n) is 6.01. The van der Waals surface area contributed by atoms with Crippen LogP contribution >= 0.6 is 0 Å². The topological polar surface area (TPSA) is 117 Å². The summed E-state index contributed by atoms with van der Waals surface area (Å²) in [5.41, 5.74) is 1.66. The van der Waals surface area contributed by atoms with Gasteiger partial charge in [-0.2, -0.15) is 0 Å². The molecule has 28 heavy (non-hydrogen) atoms. The monoisotopic (exact) mass is 386 g/mol. The number of amides is 2. The van der Waals surface area contributed by atoms with E-state index >= 15 is 0 Å². The second kappa shape index (κ2) is 11.1. The predicted molar refractivity (Wildman–Crippen MR) is 103 cm³/mol. The lowest BCUT2D eigenvalue weighted by Gasteiger charge is -2.19. The summed E-state index contributed by atoms with van der Waals surface area (Å²) in [7, 11) is -0.491. The van der Waals surface area contributed by atoms with Gasteiger partial charge in [0.2, 0.25) is 11.8 Å². The zero-order valence-corrected chi connectivity index (χ0v) is 15.5. The second-order valence-corrected chi connectivity index (χ2v) is 6.01. The van der Waals surface area contributed by atoms with Crippen LogP contribution in [0, 0.1) is 0 Å². The van der Waals surface area contributed by atoms with E-state index in [1.165, 1.54) is 0 Å². The van der Waals surface area contributed by atoms with E-state index < -0.39 is 31.8 Å². The average molecular weight is 386 g/mol. The van der Waals surface area contributed by atoms with Crippen LogP contribution in [0.1, 0.15) is 17.5 Å². The van der Waals surface area contributed by atoms with Crippen LogP contribution in [0.4, 0.5) is 0 Å². The number of carbonyl (C=O) groups excluding carboxylic acids is 2. The Morgan fingerprint density at radius 1 is 1.04 bits per heavy atom. The first-order chi connectivity index (χ1) is 13.5. The number of ether oxygens (including phenoxy) is 1. The molecule has 0 aliphatic heterocycles. The Balaban J connectivity index is 1.84. The lowest BCUT2D eigenvalue weighted by atomic mass is 10.1. The minimum Gasteiger partial charge on any atom is -0.497 e. The van der Waals surface area contributed by atoms with Gasteiger partial charge in [-0.3, -0.25) is 9.59 Å². The van der Waals surface area contributed by atoms with E-state index in [0.29, 0.717) is 5.75 Å². The minimum absolute atomic E-state index is 0.218. The molecular weight excluding hydrogens is 363 g/mol. The first kappa shape index (κ1) is 21.4. The van der Waals surface area contributed by atoms with Crippen molar-refractivity contribution in [2.45, 2.75) is 25.6 Å². The zero-order chi connectivity index (χ0) is 20.4. The number of rotatable bonds is 10. The highest BCUT2D eigenvalue weighted by Gasteiger charge is 2.21. The number of hydrogen-bond donors (Lipinski definition) is 4. The standard InChI is InChI=1S/C19H23BN2O6/c1-27-16-9-5-8-15(10-16)13-21-17(23)12-18(24)22-19(28-20(25)26)11-14-6-3-2-4-7-14/h2-10,19,25-26H,11-13H2,1H3,(H,21,23)(H,22,24)/t19-/m1/s1. The van der Waals surface area contributed by atoms with Crippen molar-refractivity contribution in [1.82, 2.24) is 10.6 Å². The molecule has 2 rings (SSSR count). The number of carbonyl (C=O) groups is 2. The van der Waals surface area contributed by atoms with E-state index in [2.05, 4.69) is 10.6 Å². The molecule has 8 nitrogen and oxygen atoms in total. The van der Waals surface area contributed by atoms with Crippen LogP contribution in [0.25, 0.3) is 0 Å². The van der Waals surface area contributed by atoms with Gasteiger partial charge in [0.25, 0.3) is 0 Å². The molecule has 2 aromatic carbocycles. The summed E-state index contributed by atoms with van der Waals surface area (Å²) in [6.45, 7) is 0.253. The summed E-state index contributed by atoms with van der Waals surface area (Å²) >= 11 is 0. The summed E-state index contributed by atoms with van der Waals surface area (Å²) in [6.07, 6.45) is -1.18. The Hall–Kier alpha value is -2.88. The smallest absolute Gasteiger partial charge is 0.497 e. The van der Waals surface area contributed by atoms with Crippen LogP contribution in [0.3, 0.4) is 0 Å². The summed E-state index contributed by atoms with van der Waals surface area (Å²) in [5, 5.41) is 23.2. The Morgan fingerprint density at radius 2 is 1.75 bits per heavy atom. The quantitative estimate of drug-likeness (QED) is 0.266. The van der Waals surface area contributed by atoms with E-state index in [0.717, 1.165) is 11.1 Å². The van der Waals surface area contributed by atoms with Crippen LogP contribution in [0.2, 0.25) is 0 Å². The third-order valence-electron chi connectivity index (χ3n) is 3.82. The summed E-state index contributed by atoms with van der Waals surface area (Å²) < 4.78 is 10.0. The van der Waals surface area contributed by atoms with E-state index in [1.807, 2.05) is 36.4 Å². The van der Waals surface area contributed by atoms with Gasteiger partial charge in [0.15, 0.2) is 0 Å². The summed E-state index contributed by atoms with van der Waals surface area (Å²) in [6, 6.07) is 16.3. The van der Waals surface area contributed by atoms with Crippen molar-refractivity contribution in [3.63, 3.8) is 0 Å². The highest BCUT2D eigenvalue weighted by atomic mass is 16.6. The van der Waals surface area contributed by atoms with Gasteiger partial charge >= 0.3 is 7.32 Å². The molecule has 0 aliphatic carbocycles. The van der Waals surface area contributed by atoms with Crippen molar-refractivity contribution >= 4 is 19.1 Å². The summed E-state index contributed by atoms with van der Waals surface area (Å²) in [4.78, 5) is 24.1. The van der Waals surface area contributed by atoms with E-state index in [-0.39, 0.29) is 13.0 Å². The van der Waals surface area contributed by atoms with E-state index in [4.69, 9.17) is 19.4 Å². The summed E-state index contributed by atoms with van der Waals surface area (Å²) in [5.74, 6) is -0.388. The van der Waals surface area contributed by atoms with Gasteiger partial charge in [-0.15, -0.1) is 0 Å². The zero-order valence-electron chi connectivity index (χ0n) is 15.5. The number of nitrogens with one attached hydrogen (secondary N) is 2. The van der Waals surface area contributed by atoms with E-state index in [1.54, 1.807) is 25.3 Å². The first-order valence-corrected chi connectivity index (χ1v) is 8.71. The molecule has 0 unspecified atom stereocenters. The number of methoxy groups -OCH3 is 1. The normalized spacial score (nSPS) is 11.4. The average Bonchev–Trinajstić information content (AvgIpc) is 2.66. The van der Waals surface area contributed by atoms with Gasteiger partial charge in [-0.1, -0.05) is 42.5 Å². The molecular formula is C19H23BN2O6. The van der Waals surface area contributed by atoms with Crippen LogP contribution in [0.5, 0.6) is 5.75 Å². The number of benzene rings is 2. The molecule has 4 N–H and O–H groups in total. The number of hydrogen-bond acceptors (Lipinski definition) is 6. The molecule has 0 radical (unpaired) electrons. The third-order valence-corrected chi connectivity index (χ3v) is 3.82. The van der Waals surface area contributed by atoms with Crippen molar-refractivity contribution in [3.8, 4) is 5.75 Å². The van der Waals surface area contributed by atoms with Crippen LogP contribution in [-0.4, -0.2) is 42.5 Å². The Morgan fingerprint density at radius 3 is 2.43 bits per heavy atom. The Bertz CT molecular complexity index is 772. The Labute approximate surface area is 163 Å². The maximum absolute atomic E-state index is 12.1. The fourth-order valence-corrected chi connectivity index (χ4v) is 2.53. The van der Waals surface area contributed by atoms with Crippen LogP contribution in [0.15, 0.2) is 54.6 Å². The fourth-order valence-electron chi connectivity index (χ4n) is 2.53. The molecule has 2 amide bonds. The third kappa shape index (κ3) is 7.79. The molecule has 148 valence electrons. The first-order valence-electron chi connectivity index (χ1n) is 8.71. The molecule has 0 aromatic heterocycles. The van der Waals surface area contributed by atoms with Gasteiger partial charge in [-0.25, -0.2) is 0 Å². The van der Waals surface area contributed by atoms with Crippen molar-refractivity contribution < 1.29 is 29.0 Å². The molecule has 0 bridgehead atoms. The molecule has 0 heterocycles. The molecule has 0 fully saturated rings. The lowest BCUT2D eigenvalue weighted by molar-refractivity contribution is -0.130. The van der Waals surface area contributed by atoms with Gasteiger partial charge in [0, 0.05) is 13.0 Å². The molecule has 1 atom stereocenters. The fraction of sp³-hybridized carbons (Fsp3) is 0.263. The molecule has 2 aromatic rings. The van der Waals surface area contributed by atoms with Gasteiger partial charge in [0.1, 0.15) is 18.4 Å². The predicted octanol–water partition coefficient (Wildman–Crippen LogP) is 0.373. The van der Waals surface area contributed by atoms with Crippen LogP contribution < -0.4 is 15.4 Å². The van der Waals surface area contributed by atoms with Gasteiger partial charge in [-0.05, 0) is 23.3 Å². The molecule has 9 heteroatoms. The molecule has 0 aliphatic rings. The SMILES string of the molecule is COc1cccc(CNC(=O)CC(=O)N[C@@H](Cc2ccccc2)OB(O)O)c1. The van der Waals surface area contributed by atoms with Gasteiger partial charge in [0.05, 0.1) is 7.11 Å².